The maximum Gasteiger partial charge on any atom is 0.253 e. The van der Waals surface area contributed by atoms with Crippen LogP contribution in [0.3, 0.4) is 0 Å². The van der Waals surface area contributed by atoms with Crippen LogP contribution < -0.4 is 0 Å². The minimum atomic E-state index is -0.274. The molecule has 0 radical (unpaired) electrons. The van der Waals surface area contributed by atoms with Gasteiger partial charge in [0, 0.05) is 50.6 Å². The lowest BCUT2D eigenvalue weighted by molar-refractivity contribution is -0.157. The normalized spacial score (nSPS) is 18.8. The monoisotopic (exact) mass is 418 g/mol. The molecule has 7 nitrogen and oxygen atoms in total. The molecular formula is C24H26N4O3. The molecule has 0 bridgehead atoms. The molecule has 2 aliphatic rings. The number of carbonyl (C=O) groups is 2. The predicted octanol–water partition coefficient (Wildman–Crippen LogP) is 2.62. The van der Waals surface area contributed by atoms with Crippen molar-refractivity contribution in [2.45, 2.75) is 19.4 Å². The van der Waals surface area contributed by atoms with Crippen LogP contribution in [0, 0.1) is 6.92 Å². The van der Waals surface area contributed by atoms with Gasteiger partial charge in [0.25, 0.3) is 11.8 Å². The summed E-state index contributed by atoms with van der Waals surface area (Å²) in [5, 5.41) is 5.62. The Balaban J connectivity index is 1.26. The SMILES string of the molecule is Cc1nn(C)c2ccc(-c3ccc(C(=O)N4CCN(C(=O)C5CCO5)CC4)cc3)cc12. The maximum atomic E-state index is 12.9. The molecule has 0 spiro atoms. The highest BCUT2D eigenvalue weighted by molar-refractivity contribution is 5.95. The van der Waals surface area contributed by atoms with Crippen LogP contribution in [-0.2, 0) is 16.6 Å². The Bertz CT molecular complexity index is 1140. The third-order valence-corrected chi connectivity index (χ3v) is 6.35. The number of amides is 2. The molecule has 31 heavy (non-hydrogen) atoms. The zero-order valence-electron chi connectivity index (χ0n) is 17.9. The van der Waals surface area contributed by atoms with Crippen molar-refractivity contribution in [1.29, 1.82) is 0 Å². The Morgan fingerprint density at radius 3 is 2.26 bits per heavy atom. The van der Waals surface area contributed by atoms with Gasteiger partial charge in [-0.15, -0.1) is 0 Å². The molecule has 3 aromatic rings. The number of ether oxygens (including phenoxy) is 1. The number of benzene rings is 2. The van der Waals surface area contributed by atoms with Gasteiger partial charge in [-0.3, -0.25) is 14.3 Å². The summed E-state index contributed by atoms with van der Waals surface area (Å²) >= 11 is 0. The molecule has 2 amide bonds. The quantitative estimate of drug-likeness (QED) is 0.656. The summed E-state index contributed by atoms with van der Waals surface area (Å²) < 4.78 is 7.18. The van der Waals surface area contributed by atoms with Crippen molar-refractivity contribution in [1.82, 2.24) is 19.6 Å². The Hall–Kier alpha value is -3.19. The molecule has 5 rings (SSSR count). The summed E-state index contributed by atoms with van der Waals surface area (Å²) in [5.74, 6) is 0.0700. The number of carbonyl (C=O) groups excluding carboxylic acids is 2. The predicted molar refractivity (Wildman–Crippen MR) is 118 cm³/mol. The first-order valence-corrected chi connectivity index (χ1v) is 10.7. The average Bonchev–Trinajstić information content (AvgIpc) is 3.05. The number of hydrogen-bond acceptors (Lipinski definition) is 4. The van der Waals surface area contributed by atoms with Gasteiger partial charge in [0.1, 0.15) is 6.10 Å². The zero-order chi connectivity index (χ0) is 21.5. The Morgan fingerprint density at radius 2 is 1.61 bits per heavy atom. The van der Waals surface area contributed by atoms with Gasteiger partial charge >= 0.3 is 0 Å². The number of piperazine rings is 1. The van der Waals surface area contributed by atoms with Gasteiger partial charge < -0.3 is 14.5 Å². The van der Waals surface area contributed by atoms with Crippen molar-refractivity contribution in [3.63, 3.8) is 0 Å². The largest absolute Gasteiger partial charge is 0.368 e. The van der Waals surface area contributed by atoms with Gasteiger partial charge in [-0.1, -0.05) is 18.2 Å². The fourth-order valence-corrected chi connectivity index (χ4v) is 4.37. The van der Waals surface area contributed by atoms with Crippen molar-refractivity contribution < 1.29 is 14.3 Å². The van der Waals surface area contributed by atoms with Gasteiger partial charge in [0.05, 0.1) is 17.8 Å². The molecule has 1 unspecified atom stereocenters. The molecule has 160 valence electrons. The number of nitrogens with zero attached hydrogens (tertiary/aromatic N) is 4. The molecule has 0 N–H and O–H groups in total. The third-order valence-electron chi connectivity index (χ3n) is 6.35. The molecule has 2 aliphatic heterocycles. The van der Waals surface area contributed by atoms with Crippen molar-refractivity contribution in [3.05, 3.63) is 53.7 Å². The minimum absolute atomic E-state index is 0.0112. The van der Waals surface area contributed by atoms with E-state index in [2.05, 4.69) is 23.3 Å². The van der Waals surface area contributed by atoms with Crippen LogP contribution in [0.5, 0.6) is 0 Å². The lowest BCUT2D eigenvalue weighted by Crippen LogP contribution is -2.54. The number of rotatable bonds is 3. The lowest BCUT2D eigenvalue weighted by atomic mass is 10.0. The molecule has 2 aromatic carbocycles. The van der Waals surface area contributed by atoms with E-state index in [1.807, 2.05) is 52.7 Å². The van der Waals surface area contributed by atoms with Crippen LogP contribution in [0.4, 0.5) is 0 Å². The van der Waals surface area contributed by atoms with Gasteiger partial charge in [-0.25, -0.2) is 0 Å². The first-order valence-electron chi connectivity index (χ1n) is 10.7. The van der Waals surface area contributed by atoms with E-state index in [1.54, 1.807) is 0 Å². The van der Waals surface area contributed by atoms with Crippen molar-refractivity contribution in [3.8, 4) is 11.1 Å². The number of fused-ring (bicyclic) bond motifs is 1. The molecule has 7 heteroatoms. The third kappa shape index (κ3) is 3.59. The van der Waals surface area contributed by atoms with Gasteiger partial charge in [0.15, 0.2) is 0 Å². The highest BCUT2D eigenvalue weighted by Gasteiger charge is 2.33. The van der Waals surface area contributed by atoms with Crippen molar-refractivity contribution >= 4 is 22.7 Å². The van der Waals surface area contributed by atoms with Crippen molar-refractivity contribution in [2.75, 3.05) is 32.8 Å². The minimum Gasteiger partial charge on any atom is -0.368 e. The van der Waals surface area contributed by atoms with Crippen LogP contribution >= 0.6 is 0 Å². The lowest BCUT2D eigenvalue weighted by Gasteiger charge is -2.38. The summed E-state index contributed by atoms with van der Waals surface area (Å²) in [6.45, 7) is 4.91. The molecule has 1 atom stereocenters. The van der Waals surface area contributed by atoms with Gasteiger partial charge in [-0.05, 0) is 42.3 Å². The molecule has 0 aliphatic carbocycles. The number of aryl methyl sites for hydroxylation is 2. The Labute approximate surface area is 181 Å². The average molecular weight is 418 g/mol. The van der Waals surface area contributed by atoms with Crippen molar-refractivity contribution in [2.24, 2.45) is 7.05 Å². The first-order chi connectivity index (χ1) is 15.0. The second-order valence-corrected chi connectivity index (χ2v) is 8.28. The summed E-state index contributed by atoms with van der Waals surface area (Å²) in [6.07, 6.45) is 0.530. The van der Waals surface area contributed by atoms with E-state index in [0.29, 0.717) is 38.3 Å². The van der Waals surface area contributed by atoms with E-state index in [4.69, 9.17) is 4.74 Å². The number of hydrogen-bond donors (Lipinski definition) is 0. The summed E-state index contributed by atoms with van der Waals surface area (Å²) in [6, 6.07) is 14.1. The number of aromatic nitrogens is 2. The van der Waals surface area contributed by atoms with Gasteiger partial charge in [-0.2, -0.15) is 5.10 Å². The second kappa shape index (κ2) is 7.81. The van der Waals surface area contributed by atoms with Gasteiger partial charge in [0.2, 0.25) is 0 Å². The fraction of sp³-hybridized carbons (Fsp3) is 0.375. The molecule has 3 heterocycles. The van der Waals surface area contributed by atoms with Crippen LogP contribution in [0.1, 0.15) is 22.5 Å². The summed E-state index contributed by atoms with van der Waals surface area (Å²) in [4.78, 5) is 28.9. The highest BCUT2D eigenvalue weighted by Crippen LogP contribution is 2.26. The molecule has 1 aromatic heterocycles. The zero-order valence-corrected chi connectivity index (χ0v) is 17.9. The highest BCUT2D eigenvalue weighted by atomic mass is 16.5. The molecular weight excluding hydrogens is 392 g/mol. The standard InChI is InChI=1S/C24H26N4O3/c1-16-20-15-19(7-8-21(20)26(2)25-16)17-3-5-18(6-4-17)23(29)27-10-12-28(13-11-27)24(30)22-9-14-31-22/h3-8,15,22H,9-14H2,1-2H3. The van der Waals surface area contributed by atoms with E-state index in [9.17, 15) is 9.59 Å². The van der Waals surface area contributed by atoms with Crippen LogP contribution in [0.25, 0.3) is 22.0 Å². The molecule has 0 saturated carbocycles. The fourth-order valence-electron chi connectivity index (χ4n) is 4.37. The van der Waals surface area contributed by atoms with E-state index in [-0.39, 0.29) is 17.9 Å². The van der Waals surface area contributed by atoms with E-state index in [0.717, 1.165) is 34.1 Å². The van der Waals surface area contributed by atoms with Crippen LogP contribution in [0.15, 0.2) is 42.5 Å². The van der Waals surface area contributed by atoms with E-state index < -0.39 is 0 Å². The topological polar surface area (TPSA) is 67.7 Å². The van der Waals surface area contributed by atoms with E-state index in [1.165, 1.54) is 0 Å². The van der Waals surface area contributed by atoms with Crippen LogP contribution in [-0.4, -0.2) is 70.3 Å². The Morgan fingerprint density at radius 1 is 0.968 bits per heavy atom. The smallest absolute Gasteiger partial charge is 0.253 e. The van der Waals surface area contributed by atoms with E-state index >= 15 is 0 Å². The summed E-state index contributed by atoms with van der Waals surface area (Å²) in [7, 11) is 1.95. The maximum absolute atomic E-state index is 12.9. The molecule has 2 saturated heterocycles. The Kier molecular flexibility index (Phi) is 4.98. The molecule has 2 fully saturated rings. The second-order valence-electron chi connectivity index (χ2n) is 8.28. The summed E-state index contributed by atoms with van der Waals surface area (Å²) in [5.41, 5.74) is 4.96. The first kappa shape index (κ1) is 19.8. The van der Waals surface area contributed by atoms with Crippen LogP contribution in [0.2, 0.25) is 0 Å².